The molecule has 0 fully saturated rings. The molecule has 0 aliphatic heterocycles. The Morgan fingerprint density at radius 2 is 0.514 bits per heavy atom. The van der Waals surface area contributed by atoms with Crippen molar-refractivity contribution >= 4 is 17.9 Å². The van der Waals surface area contributed by atoms with Crippen LogP contribution in [0.1, 0.15) is 388 Å². The molecule has 0 aliphatic rings. The zero-order valence-electron chi connectivity index (χ0n) is 51.0. The highest BCUT2D eigenvalue weighted by Crippen LogP contribution is 2.20. The Morgan fingerprint density at radius 1 is 0.284 bits per heavy atom. The van der Waals surface area contributed by atoms with E-state index >= 15 is 0 Å². The van der Waals surface area contributed by atoms with Gasteiger partial charge in [-0.05, 0) is 31.1 Å². The van der Waals surface area contributed by atoms with Gasteiger partial charge in [-0.25, -0.2) is 0 Å². The van der Waals surface area contributed by atoms with Gasteiger partial charge in [0.2, 0.25) is 0 Å². The van der Waals surface area contributed by atoms with Gasteiger partial charge in [-0.3, -0.25) is 14.4 Å². The minimum atomic E-state index is -0.763. The molecule has 6 nitrogen and oxygen atoms in total. The molecule has 0 aromatic heterocycles. The molecule has 0 aromatic rings. The van der Waals surface area contributed by atoms with Crippen molar-refractivity contribution in [2.24, 2.45) is 11.8 Å². The second kappa shape index (κ2) is 60.6. The van der Waals surface area contributed by atoms with E-state index in [1.54, 1.807) is 0 Å². The maximum absolute atomic E-state index is 12.9. The number of carbonyl (C=O) groups is 3. The molecule has 0 heterocycles. The fourth-order valence-electron chi connectivity index (χ4n) is 10.6. The summed E-state index contributed by atoms with van der Waals surface area (Å²) in [5.74, 6) is 0.942. The number of esters is 3. The van der Waals surface area contributed by atoms with Crippen molar-refractivity contribution in [3.63, 3.8) is 0 Å². The van der Waals surface area contributed by atoms with Crippen LogP contribution in [0, 0.1) is 11.8 Å². The second-order valence-electron chi connectivity index (χ2n) is 24.2. The quantitative estimate of drug-likeness (QED) is 0.0343. The Kier molecular flexibility index (Phi) is 59.3. The van der Waals surface area contributed by atoms with Gasteiger partial charge in [-0.2, -0.15) is 0 Å². The summed E-state index contributed by atoms with van der Waals surface area (Å²) in [7, 11) is 0. The lowest BCUT2D eigenvalue weighted by Crippen LogP contribution is -2.30. The van der Waals surface area contributed by atoms with E-state index in [2.05, 4.69) is 34.6 Å². The second-order valence-corrected chi connectivity index (χ2v) is 24.2. The first kappa shape index (κ1) is 72.4. The van der Waals surface area contributed by atoms with Crippen molar-refractivity contribution < 1.29 is 28.6 Å². The van der Waals surface area contributed by atoms with Crippen LogP contribution in [0.25, 0.3) is 0 Å². The molecule has 0 N–H and O–H groups in total. The molecule has 1 unspecified atom stereocenters. The first-order chi connectivity index (χ1) is 36.3. The van der Waals surface area contributed by atoms with E-state index in [9.17, 15) is 14.4 Å². The summed E-state index contributed by atoms with van der Waals surface area (Å²) in [6.45, 7) is 11.5. The highest BCUT2D eigenvalue weighted by atomic mass is 16.6. The van der Waals surface area contributed by atoms with Crippen LogP contribution in [-0.2, 0) is 28.6 Å². The van der Waals surface area contributed by atoms with Crippen LogP contribution < -0.4 is 0 Å². The van der Waals surface area contributed by atoms with E-state index in [4.69, 9.17) is 14.2 Å². The van der Waals surface area contributed by atoms with Crippen LogP contribution >= 0.6 is 0 Å². The monoisotopic (exact) mass is 1050 g/mol. The molecule has 0 bridgehead atoms. The highest BCUT2D eigenvalue weighted by Gasteiger charge is 2.20. The Bertz CT molecular complexity index is 1140. The van der Waals surface area contributed by atoms with E-state index in [0.29, 0.717) is 19.3 Å². The maximum atomic E-state index is 12.9. The molecular formula is C68H132O6. The number of carbonyl (C=O) groups excluding carboxylic acids is 3. The number of hydrogen-bond acceptors (Lipinski definition) is 6. The van der Waals surface area contributed by atoms with Crippen LogP contribution in [0.2, 0.25) is 0 Å². The van der Waals surface area contributed by atoms with Crippen molar-refractivity contribution in [2.45, 2.75) is 394 Å². The Labute approximate surface area is 463 Å². The average Bonchev–Trinajstić information content (AvgIpc) is 3.39. The third-order valence-corrected chi connectivity index (χ3v) is 16.1. The SMILES string of the molecule is CCCCCCCCCCCCCCCC(=O)O[C@H](COC(=O)CCCCCCCCCCCCCCCCCCCCC(C)C)COC(=O)CCCCCCCCCCCCCCCCCCCCC(C)CC. The van der Waals surface area contributed by atoms with Gasteiger partial charge in [0.05, 0.1) is 0 Å². The zero-order valence-corrected chi connectivity index (χ0v) is 51.0. The molecular weight excluding hydrogens is 913 g/mol. The van der Waals surface area contributed by atoms with Gasteiger partial charge in [0.15, 0.2) is 6.10 Å². The molecule has 440 valence electrons. The van der Waals surface area contributed by atoms with E-state index in [1.807, 2.05) is 0 Å². The van der Waals surface area contributed by atoms with E-state index < -0.39 is 6.10 Å². The molecule has 0 aromatic carbocycles. The van der Waals surface area contributed by atoms with Gasteiger partial charge >= 0.3 is 17.9 Å². The summed E-state index contributed by atoms with van der Waals surface area (Å²) in [6, 6.07) is 0. The largest absolute Gasteiger partial charge is 0.462 e. The lowest BCUT2D eigenvalue weighted by molar-refractivity contribution is -0.167. The van der Waals surface area contributed by atoms with Gasteiger partial charge in [-0.1, -0.05) is 349 Å². The molecule has 0 aliphatic carbocycles. The van der Waals surface area contributed by atoms with Crippen molar-refractivity contribution in [1.29, 1.82) is 0 Å². The standard InChI is InChI=1S/C68H132O6/c1-6-8-9-10-11-12-13-26-35-40-45-50-55-60-68(71)74-65(61-72-66(69)58-53-48-43-38-33-29-24-20-16-14-18-22-27-31-36-41-46-51-56-63(3)4)62-73-67(70)59-54-49-44-39-34-30-25-21-17-15-19-23-28-32-37-42-47-52-57-64(5)7-2/h63-65H,6-62H2,1-5H3/t64?,65-/m1/s1. The van der Waals surface area contributed by atoms with E-state index in [1.165, 1.54) is 276 Å². The van der Waals surface area contributed by atoms with Gasteiger partial charge in [-0.15, -0.1) is 0 Å². The summed E-state index contributed by atoms with van der Waals surface area (Å²) in [4.78, 5) is 38.3. The summed E-state index contributed by atoms with van der Waals surface area (Å²) in [5, 5.41) is 0. The Hall–Kier alpha value is -1.59. The van der Waals surface area contributed by atoms with Gasteiger partial charge in [0.1, 0.15) is 13.2 Å². The summed E-state index contributed by atoms with van der Waals surface area (Å²) in [5.41, 5.74) is 0. The van der Waals surface area contributed by atoms with Crippen molar-refractivity contribution in [2.75, 3.05) is 13.2 Å². The topological polar surface area (TPSA) is 78.9 Å². The Balaban J connectivity index is 4.21. The number of ether oxygens (including phenoxy) is 3. The number of rotatable bonds is 62. The summed E-state index contributed by atoms with van der Waals surface area (Å²) in [6.07, 6.45) is 68.2. The smallest absolute Gasteiger partial charge is 0.306 e. The zero-order chi connectivity index (χ0) is 53.9. The minimum Gasteiger partial charge on any atom is -0.462 e. The van der Waals surface area contributed by atoms with E-state index in [0.717, 1.165) is 69.6 Å². The first-order valence-electron chi connectivity index (χ1n) is 33.8. The minimum absolute atomic E-state index is 0.0614. The van der Waals surface area contributed by atoms with Gasteiger partial charge < -0.3 is 14.2 Å². The summed E-state index contributed by atoms with van der Waals surface area (Å²) >= 11 is 0. The molecule has 0 radical (unpaired) electrons. The average molecular weight is 1050 g/mol. The third kappa shape index (κ3) is 59.7. The molecule has 0 spiro atoms. The van der Waals surface area contributed by atoms with Crippen LogP contribution in [0.5, 0.6) is 0 Å². The fourth-order valence-corrected chi connectivity index (χ4v) is 10.6. The molecule has 6 heteroatoms. The summed E-state index contributed by atoms with van der Waals surface area (Å²) < 4.78 is 17.0. The first-order valence-corrected chi connectivity index (χ1v) is 33.8. The molecule has 0 rings (SSSR count). The predicted molar refractivity (Wildman–Crippen MR) is 321 cm³/mol. The molecule has 0 saturated carbocycles. The molecule has 74 heavy (non-hydrogen) atoms. The van der Waals surface area contributed by atoms with E-state index in [-0.39, 0.29) is 31.1 Å². The Morgan fingerprint density at radius 3 is 0.770 bits per heavy atom. The number of hydrogen-bond donors (Lipinski definition) is 0. The van der Waals surface area contributed by atoms with Crippen molar-refractivity contribution in [3.05, 3.63) is 0 Å². The molecule has 0 amide bonds. The third-order valence-electron chi connectivity index (χ3n) is 16.1. The van der Waals surface area contributed by atoms with Crippen LogP contribution in [0.4, 0.5) is 0 Å². The van der Waals surface area contributed by atoms with Crippen LogP contribution in [0.3, 0.4) is 0 Å². The molecule has 2 atom stereocenters. The lowest BCUT2D eigenvalue weighted by atomic mass is 9.99. The maximum Gasteiger partial charge on any atom is 0.306 e. The van der Waals surface area contributed by atoms with Crippen LogP contribution in [0.15, 0.2) is 0 Å². The number of unbranched alkanes of at least 4 members (excludes halogenated alkanes) is 46. The van der Waals surface area contributed by atoms with Gasteiger partial charge in [0, 0.05) is 19.3 Å². The lowest BCUT2D eigenvalue weighted by Gasteiger charge is -2.18. The van der Waals surface area contributed by atoms with Gasteiger partial charge in [0.25, 0.3) is 0 Å². The highest BCUT2D eigenvalue weighted by molar-refractivity contribution is 5.71. The molecule has 0 saturated heterocycles. The van der Waals surface area contributed by atoms with Crippen LogP contribution in [-0.4, -0.2) is 37.2 Å². The van der Waals surface area contributed by atoms with Crippen molar-refractivity contribution in [3.8, 4) is 0 Å². The fraction of sp³-hybridized carbons (Fsp3) is 0.956. The predicted octanol–water partition coefficient (Wildman–Crippen LogP) is 22.8. The normalized spacial score (nSPS) is 12.4. The van der Waals surface area contributed by atoms with Crippen molar-refractivity contribution in [1.82, 2.24) is 0 Å².